The number of nitrogens with one attached hydrogen (secondary N) is 1. The van der Waals surface area contributed by atoms with E-state index in [9.17, 15) is 4.79 Å². The third kappa shape index (κ3) is 2.74. The van der Waals surface area contributed by atoms with E-state index in [4.69, 9.17) is 9.47 Å². The van der Waals surface area contributed by atoms with E-state index in [1.807, 2.05) is 0 Å². The van der Waals surface area contributed by atoms with Gasteiger partial charge < -0.3 is 9.47 Å². The standard InChI is InChI=1S/C12H21NO3/c1-12(6-3-7-16-8-12)13-10(9-4-5-9)11(14)15-2/h9-10,13H,3-8H2,1-2H3. The normalized spacial score (nSPS) is 32.1. The minimum absolute atomic E-state index is 0.0697. The van der Waals surface area contributed by atoms with Crippen LogP contribution in [0.5, 0.6) is 0 Å². The van der Waals surface area contributed by atoms with Gasteiger partial charge in [0.25, 0.3) is 0 Å². The molecule has 0 aromatic heterocycles. The van der Waals surface area contributed by atoms with E-state index in [1.54, 1.807) is 0 Å². The van der Waals surface area contributed by atoms with Crippen molar-refractivity contribution < 1.29 is 14.3 Å². The number of ether oxygens (including phenoxy) is 2. The highest BCUT2D eigenvalue weighted by Gasteiger charge is 2.41. The van der Waals surface area contributed by atoms with Crippen molar-refractivity contribution in [3.05, 3.63) is 0 Å². The maximum atomic E-state index is 11.7. The fourth-order valence-corrected chi connectivity index (χ4v) is 2.35. The fourth-order valence-electron chi connectivity index (χ4n) is 2.35. The van der Waals surface area contributed by atoms with Gasteiger partial charge in [-0.15, -0.1) is 0 Å². The van der Waals surface area contributed by atoms with Crippen molar-refractivity contribution in [3.63, 3.8) is 0 Å². The molecule has 0 spiro atoms. The lowest BCUT2D eigenvalue weighted by atomic mass is 9.93. The highest BCUT2D eigenvalue weighted by molar-refractivity contribution is 5.76. The van der Waals surface area contributed by atoms with Crippen molar-refractivity contribution in [2.45, 2.75) is 44.2 Å². The maximum Gasteiger partial charge on any atom is 0.323 e. The van der Waals surface area contributed by atoms with Crippen LogP contribution in [0, 0.1) is 5.92 Å². The molecule has 1 saturated heterocycles. The van der Waals surface area contributed by atoms with Crippen LogP contribution < -0.4 is 5.32 Å². The minimum atomic E-state index is -0.142. The Hall–Kier alpha value is -0.610. The number of carbonyl (C=O) groups is 1. The third-order valence-corrected chi connectivity index (χ3v) is 3.49. The molecule has 0 aromatic carbocycles. The number of carbonyl (C=O) groups excluding carboxylic acids is 1. The van der Waals surface area contributed by atoms with Gasteiger partial charge in [-0.3, -0.25) is 10.1 Å². The molecule has 1 N–H and O–H groups in total. The molecule has 16 heavy (non-hydrogen) atoms. The maximum absolute atomic E-state index is 11.7. The summed E-state index contributed by atoms with van der Waals surface area (Å²) in [4.78, 5) is 11.7. The second-order valence-electron chi connectivity index (χ2n) is 5.20. The van der Waals surface area contributed by atoms with Gasteiger partial charge >= 0.3 is 5.97 Å². The topological polar surface area (TPSA) is 47.6 Å². The van der Waals surface area contributed by atoms with Crippen molar-refractivity contribution >= 4 is 5.97 Å². The molecule has 1 heterocycles. The number of esters is 1. The van der Waals surface area contributed by atoms with Crippen molar-refractivity contribution in [2.75, 3.05) is 20.3 Å². The van der Waals surface area contributed by atoms with Crippen molar-refractivity contribution in [3.8, 4) is 0 Å². The van der Waals surface area contributed by atoms with E-state index in [-0.39, 0.29) is 17.6 Å². The largest absolute Gasteiger partial charge is 0.468 e. The monoisotopic (exact) mass is 227 g/mol. The summed E-state index contributed by atoms with van der Waals surface area (Å²) >= 11 is 0. The first-order valence-corrected chi connectivity index (χ1v) is 6.08. The molecule has 1 aliphatic heterocycles. The lowest BCUT2D eigenvalue weighted by Crippen LogP contribution is -2.56. The Bertz CT molecular complexity index is 257. The van der Waals surface area contributed by atoms with Crippen LogP contribution in [0.15, 0.2) is 0 Å². The summed E-state index contributed by atoms with van der Waals surface area (Å²) in [5.41, 5.74) is -0.0697. The molecule has 0 radical (unpaired) electrons. The zero-order valence-electron chi connectivity index (χ0n) is 10.1. The Balaban J connectivity index is 1.95. The van der Waals surface area contributed by atoms with Crippen molar-refractivity contribution in [1.82, 2.24) is 5.32 Å². The average Bonchev–Trinajstić information content (AvgIpc) is 3.10. The van der Waals surface area contributed by atoms with Gasteiger partial charge in [-0.2, -0.15) is 0 Å². The molecule has 2 fully saturated rings. The van der Waals surface area contributed by atoms with E-state index in [0.717, 1.165) is 32.3 Å². The van der Waals surface area contributed by atoms with Crippen LogP contribution in [0.1, 0.15) is 32.6 Å². The van der Waals surface area contributed by atoms with Crippen LogP contribution in [0.2, 0.25) is 0 Å². The first-order valence-electron chi connectivity index (χ1n) is 6.08. The van der Waals surface area contributed by atoms with E-state index in [2.05, 4.69) is 12.2 Å². The molecule has 0 bridgehead atoms. The molecule has 4 heteroatoms. The van der Waals surface area contributed by atoms with Crippen molar-refractivity contribution in [1.29, 1.82) is 0 Å². The zero-order valence-corrected chi connectivity index (χ0v) is 10.1. The number of methoxy groups -OCH3 is 1. The van der Waals surface area contributed by atoms with Gasteiger partial charge in [0.05, 0.1) is 13.7 Å². The first kappa shape index (κ1) is 11.9. The predicted molar refractivity (Wildman–Crippen MR) is 60.1 cm³/mol. The Kier molecular flexibility index (Phi) is 3.50. The minimum Gasteiger partial charge on any atom is -0.468 e. The SMILES string of the molecule is COC(=O)C(NC1(C)CCCOC1)C1CC1. The van der Waals surface area contributed by atoms with Crippen LogP contribution in [-0.4, -0.2) is 37.9 Å². The van der Waals surface area contributed by atoms with Gasteiger partial charge in [-0.1, -0.05) is 0 Å². The van der Waals surface area contributed by atoms with Crippen molar-refractivity contribution in [2.24, 2.45) is 5.92 Å². The molecule has 2 aliphatic rings. The highest BCUT2D eigenvalue weighted by Crippen LogP contribution is 2.34. The quantitative estimate of drug-likeness (QED) is 0.731. The fraction of sp³-hybridized carbons (Fsp3) is 0.917. The molecule has 0 aromatic rings. The lowest BCUT2D eigenvalue weighted by molar-refractivity contribution is -0.145. The Labute approximate surface area is 96.7 Å². The summed E-state index contributed by atoms with van der Waals surface area (Å²) in [5, 5.41) is 3.45. The molecule has 92 valence electrons. The zero-order chi connectivity index (χ0) is 11.6. The van der Waals surface area contributed by atoms with Gasteiger partial charge in [-0.05, 0) is 38.5 Å². The van der Waals surface area contributed by atoms with Crippen LogP contribution in [0.3, 0.4) is 0 Å². The second kappa shape index (κ2) is 4.72. The summed E-state index contributed by atoms with van der Waals surface area (Å²) in [5.74, 6) is 0.334. The first-order chi connectivity index (χ1) is 7.64. The van der Waals surface area contributed by atoms with Crippen LogP contribution >= 0.6 is 0 Å². The lowest BCUT2D eigenvalue weighted by Gasteiger charge is -2.37. The third-order valence-electron chi connectivity index (χ3n) is 3.49. The predicted octanol–water partition coefficient (Wildman–Crippen LogP) is 1.10. The van der Waals surface area contributed by atoms with Gasteiger partial charge in [0.15, 0.2) is 0 Å². The summed E-state index contributed by atoms with van der Waals surface area (Å²) in [6.45, 7) is 3.65. The average molecular weight is 227 g/mol. The molecule has 1 saturated carbocycles. The van der Waals surface area contributed by atoms with E-state index >= 15 is 0 Å². The summed E-state index contributed by atoms with van der Waals surface area (Å²) in [7, 11) is 1.46. The van der Waals surface area contributed by atoms with Gasteiger partial charge in [-0.25, -0.2) is 0 Å². The molecular formula is C12H21NO3. The molecule has 4 nitrogen and oxygen atoms in total. The van der Waals surface area contributed by atoms with E-state index < -0.39 is 0 Å². The molecule has 2 unspecified atom stereocenters. The molecule has 2 atom stereocenters. The smallest absolute Gasteiger partial charge is 0.323 e. The molecule has 0 amide bonds. The van der Waals surface area contributed by atoms with Crippen LogP contribution in [0.4, 0.5) is 0 Å². The summed E-state index contributed by atoms with van der Waals surface area (Å²) in [6.07, 6.45) is 4.38. The second-order valence-corrected chi connectivity index (χ2v) is 5.20. The molecule has 2 rings (SSSR count). The Morgan fingerprint density at radius 2 is 2.31 bits per heavy atom. The number of hydrogen-bond acceptors (Lipinski definition) is 4. The van der Waals surface area contributed by atoms with Crippen LogP contribution in [0.25, 0.3) is 0 Å². The number of hydrogen-bond donors (Lipinski definition) is 1. The summed E-state index contributed by atoms with van der Waals surface area (Å²) < 4.78 is 10.3. The van der Waals surface area contributed by atoms with Gasteiger partial charge in [0.2, 0.25) is 0 Å². The molecule has 1 aliphatic carbocycles. The van der Waals surface area contributed by atoms with Gasteiger partial charge in [0, 0.05) is 12.1 Å². The van der Waals surface area contributed by atoms with E-state index in [1.165, 1.54) is 7.11 Å². The molecular weight excluding hydrogens is 206 g/mol. The Morgan fingerprint density at radius 3 is 2.81 bits per heavy atom. The number of rotatable bonds is 4. The Morgan fingerprint density at radius 1 is 1.56 bits per heavy atom. The summed E-state index contributed by atoms with van der Waals surface area (Å²) in [6, 6.07) is -0.142. The van der Waals surface area contributed by atoms with Crippen LogP contribution in [-0.2, 0) is 14.3 Å². The van der Waals surface area contributed by atoms with Gasteiger partial charge in [0.1, 0.15) is 6.04 Å². The highest BCUT2D eigenvalue weighted by atomic mass is 16.5. The van der Waals surface area contributed by atoms with E-state index in [0.29, 0.717) is 12.5 Å².